The number of halogens is 2. The lowest BCUT2D eigenvalue weighted by molar-refractivity contribution is -0.137. The van der Waals surface area contributed by atoms with Gasteiger partial charge in [-0.1, -0.05) is 81.6 Å². The van der Waals surface area contributed by atoms with Crippen LogP contribution in [0, 0.1) is 0 Å². The number of carboxylic acids is 1. The van der Waals surface area contributed by atoms with Gasteiger partial charge in [0.2, 0.25) is 0 Å². The van der Waals surface area contributed by atoms with Gasteiger partial charge in [-0.3, -0.25) is 4.79 Å². The van der Waals surface area contributed by atoms with Gasteiger partial charge in [-0.05, 0) is 42.4 Å². The summed E-state index contributed by atoms with van der Waals surface area (Å²) < 4.78 is 0. The largest absolute Gasteiger partial charge is 0.481 e. The molecule has 1 aromatic rings. The van der Waals surface area contributed by atoms with E-state index in [1.165, 1.54) is 30.4 Å². The van der Waals surface area contributed by atoms with Crippen molar-refractivity contribution >= 4 is 29.2 Å². The van der Waals surface area contributed by atoms with Crippen LogP contribution in [0.1, 0.15) is 88.7 Å². The molecule has 1 unspecified atom stereocenters. The summed E-state index contributed by atoms with van der Waals surface area (Å²) in [6.45, 7) is 4.43. The third-order valence-corrected chi connectivity index (χ3v) is 5.38. The lowest BCUT2D eigenvalue weighted by Gasteiger charge is -2.18. The summed E-state index contributed by atoms with van der Waals surface area (Å²) in [4.78, 5) is 10.4. The van der Waals surface area contributed by atoms with Crippen molar-refractivity contribution in [3.63, 3.8) is 0 Å². The molecule has 1 N–H and O–H groups in total. The highest BCUT2D eigenvalue weighted by Gasteiger charge is 2.15. The van der Waals surface area contributed by atoms with E-state index in [4.69, 9.17) is 28.3 Å². The van der Waals surface area contributed by atoms with E-state index in [-0.39, 0.29) is 0 Å². The Labute approximate surface area is 156 Å². The number of carbonyl (C=O) groups is 1. The third kappa shape index (κ3) is 7.44. The van der Waals surface area contributed by atoms with Crippen LogP contribution in [-0.2, 0) is 11.2 Å². The van der Waals surface area contributed by atoms with E-state index in [0.717, 1.165) is 43.5 Å². The lowest BCUT2D eigenvalue weighted by atomic mass is 9.89. The second-order valence-electron chi connectivity index (χ2n) is 6.63. The monoisotopic (exact) mass is 372 g/mol. The minimum absolute atomic E-state index is 0.300. The third-order valence-electron chi connectivity index (χ3n) is 4.54. The van der Waals surface area contributed by atoms with Crippen LogP contribution in [0.3, 0.4) is 0 Å². The topological polar surface area (TPSA) is 37.3 Å². The molecule has 0 bridgehead atoms. The van der Waals surface area contributed by atoms with Crippen molar-refractivity contribution in [2.45, 2.75) is 84.0 Å². The summed E-state index contributed by atoms with van der Waals surface area (Å²) in [5, 5.41) is 9.98. The Balaban J connectivity index is 2.36. The molecular formula is C20H30Cl2O2. The molecule has 0 spiro atoms. The fourth-order valence-corrected chi connectivity index (χ4v) is 3.61. The Hall–Kier alpha value is -0.730. The second-order valence-corrected chi connectivity index (χ2v) is 7.42. The number of unbranched alkanes of at least 4 members (excludes halogenated alkanes) is 5. The smallest absolute Gasteiger partial charge is 0.303 e. The molecule has 136 valence electrons. The molecule has 0 aliphatic heterocycles. The predicted octanol–water partition coefficient (Wildman–Crippen LogP) is 7.25. The van der Waals surface area contributed by atoms with Gasteiger partial charge >= 0.3 is 5.97 Å². The molecule has 0 aromatic heterocycles. The normalized spacial score (nSPS) is 12.3. The highest BCUT2D eigenvalue weighted by atomic mass is 35.5. The average molecular weight is 373 g/mol. The molecule has 0 amide bonds. The van der Waals surface area contributed by atoms with Crippen molar-refractivity contribution in [2.75, 3.05) is 0 Å². The minimum atomic E-state index is -0.687. The lowest BCUT2D eigenvalue weighted by Crippen LogP contribution is -2.01. The fraction of sp³-hybridized carbons (Fsp3) is 0.650. The maximum Gasteiger partial charge on any atom is 0.303 e. The summed E-state index contributed by atoms with van der Waals surface area (Å²) in [6.07, 6.45) is 10.1. The van der Waals surface area contributed by atoms with Crippen molar-refractivity contribution < 1.29 is 9.90 Å². The zero-order valence-electron chi connectivity index (χ0n) is 14.9. The van der Waals surface area contributed by atoms with Crippen molar-refractivity contribution in [3.8, 4) is 0 Å². The quantitative estimate of drug-likeness (QED) is 0.392. The zero-order chi connectivity index (χ0) is 17.9. The van der Waals surface area contributed by atoms with Crippen LogP contribution in [0.5, 0.6) is 0 Å². The van der Waals surface area contributed by atoms with E-state index >= 15 is 0 Å². The number of hydrogen-bond acceptors (Lipinski definition) is 1. The van der Waals surface area contributed by atoms with Crippen LogP contribution in [0.25, 0.3) is 0 Å². The molecule has 0 radical (unpaired) electrons. The molecule has 0 aliphatic rings. The van der Waals surface area contributed by atoms with Gasteiger partial charge in [0, 0.05) is 6.42 Å². The molecule has 0 heterocycles. The van der Waals surface area contributed by atoms with Gasteiger partial charge in [-0.25, -0.2) is 0 Å². The van der Waals surface area contributed by atoms with Gasteiger partial charge in [0.25, 0.3) is 0 Å². The van der Waals surface area contributed by atoms with Gasteiger partial charge in [0.05, 0.1) is 10.0 Å². The maximum atomic E-state index is 10.4. The summed E-state index contributed by atoms with van der Waals surface area (Å²) in [5.74, 6) is -0.193. The number of hydrogen-bond donors (Lipinski definition) is 1. The van der Waals surface area contributed by atoms with Crippen molar-refractivity contribution in [2.24, 2.45) is 0 Å². The van der Waals surface area contributed by atoms with E-state index in [1.54, 1.807) is 0 Å². The molecule has 2 nitrogen and oxygen atoms in total. The molecule has 1 aromatic carbocycles. The van der Waals surface area contributed by atoms with Gasteiger partial charge < -0.3 is 5.11 Å². The fourth-order valence-electron chi connectivity index (χ4n) is 3.16. The molecular weight excluding hydrogens is 343 g/mol. The van der Waals surface area contributed by atoms with E-state index in [9.17, 15) is 4.79 Å². The maximum absolute atomic E-state index is 10.4. The first-order chi connectivity index (χ1) is 11.5. The summed E-state index contributed by atoms with van der Waals surface area (Å²) >= 11 is 12.6. The number of carboxylic acid groups (broad SMARTS) is 1. The average Bonchev–Trinajstić information content (AvgIpc) is 2.54. The number of aliphatic carboxylic acids is 1. The van der Waals surface area contributed by atoms with Gasteiger partial charge in [-0.2, -0.15) is 0 Å². The molecule has 0 aliphatic carbocycles. The van der Waals surface area contributed by atoms with E-state index in [0.29, 0.717) is 17.4 Å². The Bertz CT molecular complexity index is 515. The van der Waals surface area contributed by atoms with Crippen molar-refractivity contribution in [3.05, 3.63) is 33.3 Å². The highest BCUT2D eigenvalue weighted by Crippen LogP contribution is 2.35. The van der Waals surface area contributed by atoms with Crippen LogP contribution in [0.2, 0.25) is 10.0 Å². The Morgan fingerprint density at radius 3 is 2.33 bits per heavy atom. The molecule has 0 saturated heterocycles. The molecule has 0 saturated carbocycles. The Kier molecular flexibility index (Phi) is 10.4. The molecule has 24 heavy (non-hydrogen) atoms. The van der Waals surface area contributed by atoms with E-state index in [1.807, 2.05) is 6.07 Å². The first-order valence-electron chi connectivity index (χ1n) is 9.15. The van der Waals surface area contributed by atoms with Crippen LogP contribution >= 0.6 is 23.2 Å². The minimum Gasteiger partial charge on any atom is -0.481 e. The first kappa shape index (κ1) is 21.3. The first-order valence-corrected chi connectivity index (χ1v) is 9.91. The van der Waals surface area contributed by atoms with E-state index < -0.39 is 5.97 Å². The Morgan fingerprint density at radius 2 is 1.71 bits per heavy atom. The number of benzene rings is 1. The van der Waals surface area contributed by atoms with Crippen LogP contribution in [0.4, 0.5) is 0 Å². The number of rotatable bonds is 12. The van der Waals surface area contributed by atoms with E-state index in [2.05, 4.69) is 19.9 Å². The van der Waals surface area contributed by atoms with Gasteiger partial charge in [0.15, 0.2) is 0 Å². The Morgan fingerprint density at radius 1 is 1.08 bits per heavy atom. The second kappa shape index (κ2) is 11.8. The standard InChI is InChI=1S/C20H30Cl2O2/c1-3-10-17-16(13-14-18(21)20(17)22)15(2)11-8-6-4-5-7-9-12-19(23)24/h13-15H,3-12H2,1-2H3,(H,23,24). The summed E-state index contributed by atoms with van der Waals surface area (Å²) in [7, 11) is 0. The van der Waals surface area contributed by atoms with Crippen molar-refractivity contribution in [1.29, 1.82) is 0 Å². The van der Waals surface area contributed by atoms with Crippen LogP contribution in [0.15, 0.2) is 12.1 Å². The SMILES string of the molecule is CCCc1c(C(C)CCCCCCCCC(=O)O)ccc(Cl)c1Cl. The van der Waals surface area contributed by atoms with Crippen molar-refractivity contribution in [1.82, 2.24) is 0 Å². The summed E-state index contributed by atoms with van der Waals surface area (Å²) in [5.41, 5.74) is 2.56. The molecule has 1 rings (SSSR count). The molecule has 1 atom stereocenters. The highest BCUT2D eigenvalue weighted by molar-refractivity contribution is 6.42. The molecule has 4 heteroatoms. The molecule has 0 fully saturated rings. The van der Waals surface area contributed by atoms with Gasteiger partial charge in [0.1, 0.15) is 0 Å². The predicted molar refractivity (Wildman–Crippen MR) is 103 cm³/mol. The van der Waals surface area contributed by atoms with Crippen LogP contribution < -0.4 is 0 Å². The van der Waals surface area contributed by atoms with Crippen LogP contribution in [-0.4, -0.2) is 11.1 Å². The van der Waals surface area contributed by atoms with Gasteiger partial charge in [-0.15, -0.1) is 0 Å². The summed E-state index contributed by atoms with van der Waals surface area (Å²) in [6, 6.07) is 4.05. The zero-order valence-corrected chi connectivity index (χ0v) is 16.4.